The predicted octanol–water partition coefficient (Wildman–Crippen LogP) is 2.94. The fourth-order valence-electron chi connectivity index (χ4n) is 2.54. The first-order chi connectivity index (χ1) is 10.6. The Balaban J connectivity index is 0.000000164. The van der Waals surface area contributed by atoms with E-state index in [1.807, 2.05) is 18.5 Å². The summed E-state index contributed by atoms with van der Waals surface area (Å²) in [5.74, 6) is -1.06. The fraction of sp³-hybridized carbons (Fsp3) is 0.294. The maximum atomic E-state index is 10.2. The Labute approximate surface area is 129 Å². The van der Waals surface area contributed by atoms with E-state index in [0.717, 1.165) is 0 Å². The lowest BCUT2D eigenvalue weighted by Gasteiger charge is -2.18. The Kier molecular flexibility index (Phi) is 5.49. The van der Waals surface area contributed by atoms with Crippen molar-refractivity contribution in [1.29, 1.82) is 0 Å². The topological polar surface area (TPSA) is 73.7 Å². The van der Waals surface area contributed by atoms with Gasteiger partial charge in [0.25, 0.3) is 0 Å². The zero-order chi connectivity index (χ0) is 15.9. The van der Waals surface area contributed by atoms with Crippen molar-refractivity contribution in [3.05, 3.63) is 59.9 Å². The summed E-state index contributed by atoms with van der Waals surface area (Å²) in [5, 5.41) is 17.2. The largest absolute Gasteiger partial charge is 0.508 e. The average molecular weight is 300 g/mol. The summed E-state index contributed by atoms with van der Waals surface area (Å²) >= 11 is 0. The highest BCUT2D eigenvalue weighted by Crippen LogP contribution is 2.29. The zero-order valence-corrected chi connectivity index (χ0v) is 12.5. The summed E-state index contributed by atoms with van der Waals surface area (Å²) in [6.07, 6.45) is 6.41. The van der Waals surface area contributed by atoms with E-state index in [0.29, 0.717) is 6.04 Å². The second-order valence-corrected chi connectivity index (χ2v) is 5.28. The molecule has 1 fully saturated rings. The number of hydrogen-bond donors (Lipinski definition) is 2. The third kappa shape index (κ3) is 4.30. The number of carbonyl (C=O) groups is 1. The SMILES string of the molecule is CN1CCC[C@H]1c1cccnc1.O=C(O)c1cccc(O)c1. The van der Waals surface area contributed by atoms with Crippen LogP contribution in [0.5, 0.6) is 5.75 Å². The number of pyridine rings is 1. The molecule has 5 heteroatoms. The Bertz CT molecular complexity index is 616. The Morgan fingerprint density at radius 1 is 1.32 bits per heavy atom. The van der Waals surface area contributed by atoms with Gasteiger partial charge < -0.3 is 10.2 Å². The number of aromatic carboxylic acids is 1. The third-order valence-corrected chi connectivity index (χ3v) is 3.68. The molecule has 1 saturated heterocycles. The molecule has 116 valence electrons. The molecular weight excluding hydrogens is 280 g/mol. The number of hydrogen-bond acceptors (Lipinski definition) is 4. The van der Waals surface area contributed by atoms with E-state index in [4.69, 9.17) is 10.2 Å². The molecule has 0 spiro atoms. The third-order valence-electron chi connectivity index (χ3n) is 3.68. The first kappa shape index (κ1) is 16.0. The molecular formula is C17H20N2O3. The number of phenols is 1. The van der Waals surface area contributed by atoms with Gasteiger partial charge >= 0.3 is 5.97 Å². The molecule has 0 aliphatic carbocycles. The van der Waals surface area contributed by atoms with Crippen molar-refractivity contribution in [2.45, 2.75) is 18.9 Å². The van der Waals surface area contributed by atoms with E-state index in [1.165, 1.54) is 49.2 Å². The van der Waals surface area contributed by atoms with Crippen molar-refractivity contribution in [2.24, 2.45) is 0 Å². The average Bonchev–Trinajstić information content (AvgIpc) is 2.95. The smallest absolute Gasteiger partial charge is 0.335 e. The minimum atomic E-state index is -1.03. The summed E-state index contributed by atoms with van der Waals surface area (Å²) in [6.45, 7) is 1.22. The maximum absolute atomic E-state index is 10.2. The quantitative estimate of drug-likeness (QED) is 0.892. The van der Waals surface area contributed by atoms with Crippen molar-refractivity contribution in [3.8, 4) is 5.75 Å². The van der Waals surface area contributed by atoms with Gasteiger partial charge in [0.05, 0.1) is 5.56 Å². The van der Waals surface area contributed by atoms with Crippen LogP contribution in [0.2, 0.25) is 0 Å². The molecule has 1 atom stereocenters. The molecule has 2 aromatic rings. The molecule has 0 bridgehead atoms. The van der Waals surface area contributed by atoms with E-state index in [2.05, 4.69) is 23.0 Å². The van der Waals surface area contributed by atoms with Gasteiger partial charge in [0, 0.05) is 18.4 Å². The first-order valence-corrected chi connectivity index (χ1v) is 7.20. The molecule has 0 saturated carbocycles. The number of carboxylic acid groups (broad SMARTS) is 1. The molecule has 0 radical (unpaired) electrons. The number of carboxylic acids is 1. The van der Waals surface area contributed by atoms with Gasteiger partial charge in [-0.05, 0) is 56.3 Å². The lowest BCUT2D eigenvalue weighted by atomic mass is 10.1. The van der Waals surface area contributed by atoms with Crippen LogP contribution >= 0.6 is 0 Å². The van der Waals surface area contributed by atoms with Crippen LogP contribution in [0.4, 0.5) is 0 Å². The summed E-state index contributed by atoms with van der Waals surface area (Å²) in [5.41, 5.74) is 1.46. The van der Waals surface area contributed by atoms with Gasteiger partial charge in [0.2, 0.25) is 0 Å². The van der Waals surface area contributed by atoms with Gasteiger partial charge in [-0.15, -0.1) is 0 Å². The number of benzene rings is 1. The fourth-order valence-corrected chi connectivity index (χ4v) is 2.54. The second-order valence-electron chi connectivity index (χ2n) is 5.28. The van der Waals surface area contributed by atoms with Crippen LogP contribution in [0.25, 0.3) is 0 Å². The highest BCUT2D eigenvalue weighted by Gasteiger charge is 2.21. The molecule has 1 aliphatic rings. The maximum Gasteiger partial charge on any atom is 0.335 e. The summed E-state index contributed by atoms with van der Waals surface area (Å²) in [4.78, 5) is 16.8. The first-order valence-electron chi connectivity index (χ1n) is 7.20. The van der Waals surface area contributed by atoms with Crippen LogP contribution in [0.15, 0.2) is 48.8 Å². The molecule has 3 rings (SSSR count). The minimum absolute atomic E-state index is 0.0279. The van der Waals surface area contributed by atoms with Crippen LogP contribution in [-0.2, 0) is 0 Å². The van der Waals surface area contributed by atoms with Crippen molar-refractivity contribution < 1.29 is 15.0 Å². The van der Waals surface area contributed by atoms with Crippen molar-refractivity contribution in [2.75, 3.05) is 13.6 Å². The highest BCUT2D eigenvalue weighted by molar-refractivity contribution is 5.87. The van der Waals surface area contributed by atoms with E-state index < -0.39 is 5.97 Å². The second kappa shape index (κ2) is 7.56. The standard InChI is InChI=1S/C10H14N2.C7H6O3/c1-12-7-3-5-10(12)9-4-2-6-11-8-9;8-6-3-1-2-5(4-6)7(9)10/h2,4,6,8,10H,3,5,7H2,1H3;1-4,8H,(H,9,10)/t10-;/m0./s1. The van der Waals surface area contributed by atoms with Crippen molar-refractivity contribution in [3.63, 3.8) is 0 Å². The van der Waals surface area contributed by atoms with Crippen LogP contribution in [-0.4, -0.2) is 39.7 Å². The number of aromatic nitrogens is 1. The Morgan fingerprint density at radius 2 is 2.14 bits per heavy atom. The van der Waals surface area contributed by atoms with Crippen LogP contribution < -0.4 is 0 Å². The zero-order valence-electron chi connectivity index (χ0n) is 12.5. The molecule has 22 heavy (non-hydrogen) atoms. The van der Waals surface area contributed by atoms with Gasteiger partial charge in [-0.25, -0.2) is 4.79 Å². The molecule has 5 nitrogen and oxygen atoms in total. The molecule has 1 aromatic carbocycles. The monoisotopic (exact) mass is 300 g/mol. The number of nitrogens with zero attached hydrogens (tertiary/aromatic N) is 2. The van der Waals surface area contributed by atoms with Gasteiger partial charge in [-0.3, -0.25) is 9.88 Å². The number of likely N-dealkylation sites (tertiary alicyclic amines) is 1. The summed E-state index contributed by atoms with van der Waals surface area (Å²) in [7, 11) is 2.19. The summed E-state index contributed by atoms with van der Waals surface area (Å²) in [6, 6.07) is 10.3. The number of aromatic hydroxyl groups is 1. The predicted molar refractivity (Wildman–Crippen MR) is 83.9 cm³/mol. The Hall–Kier alpha value is -2.40. The van der Waals surface area contributed by atoms with Crippen LogP contribution in [0.1, 0.15) is 34.8 Å². The molecule has 1 aromatic heterocycles. The normalized spacial score (nSPS) is 17.6. The van der Waals surface area contributed by atoms with Crippen molar-refractivity contribution in [1.82, 2.24) is 9.88 Å². The molecule has 2 N–H and O–H groups in total. The number of phenolic OH excluding ortho intramolecular Hbond substituents is 1. The molecule has 0 unspecified atom stereocenters. The lowest BCUT2D eigenvalue weighted by Crippen LogP contribution is -2.17. The van der Waals surface area contributed by atoms with Crippen molar-refractivity contribution >= 4 is 5.97 Å². The molecule has 2 heterocycles. The van der Waals surface area contributed by atoms with Crippen LogP contribution in [0, 0.1) is 0 Å². The lowest BCUT2D eigenvalue weighted by molar-refractivity contribution is 0.0696. The van der Waals surface area contributed by atoms with E-state index in [-0.39, 0.29) is 11.3 Å². The minimum Gasteiger partial charge on any atom is -0.508 e. The van der Waals surface area contributed by atoms with Gasteiger partial charge in [0.15, 0.2) is 0 Å². The Morgan fingerprint density at radius 3 is 2.64 bits per heavy atom. The molecule has 1 aliphatic heterocycles. The van der Waals surface area contributed by atoms with Crippen LogP contribution in [0.3, 0.4) is 0 Å². The van der Waals surface area contributed by atoms with E-state index >= 15 is 0 Å². The molecule has 0 amide bonds. The summed E-state index contributed by atoms with van der Waals surface area (Å²) < 4.78 is 0. The highest BCUT2D eigenvalue weighted by atomic mass is 16.4. The number of rotatable bonds is 2. The van der Waals surface area contributed by atoms with Gasteiger partial charge in [-0.2, -0.15) is 0 Å². The van der Waals surface area contributed by atoms with Gasteiger partial charge in [-0.1, -0.05) is 12.1 Å². The van der Waals surface area contributed by atoms with E-state index in [9.17, 15) is 4.79 Å². The van der Waals surface area contributed by atoms with Gasteiger partial charge in [0.1, 0.15) is 5.75 Å². The van der Waals surface area contributed by atoms with E-state index in [1.54, 1.807) is 0 Å².